The van der Waals surface area contributed by atoms with Gasteiger partial charge in [0, 0.05) is 37.7 Å². The number of nitrogens with one attached hydrogen (secondary N) is 1. The van der Waals surface area contributed by atoms with Gasteiger partial charge in [0.05, 0.1) is 0 Å². The van der Waals surface area contributed by atoms with Crippen LogP contribution in [0.3, 0.4) is 0 Å². The Hall–Kier alpha value is -2.95. The molecule has 0 spiro atoms. The minimum Gasteiger partial charge on any atom is -0.359 e. The van der Waals surface area contributed by atoms with Crippen molar-refractivity contribution in [2.75, 3.05) is 23.8 Å². The summed E-state index contributed by atoms with van der Waals surface area (Å²) in [4.78, 5) is 15.4. The van der Waals surface area contributed by atoms with E-state index in [1.54, 1.807) is 0 Å². The van der Waals surface area contributed by atoms with E-state index in [4.69, 9.17) is 0 Å². The summed E-state index contributed by atoms with van der Waals surface area (Å²) < 4.78 is 0. The lowest BCUT2D eigenvalue weighted by molar-refractivity contribution is 0.848. The van der Waals surface area contributed by atoms with Crippen molar-refractivity contribution in [1.29, 1.82) is 0 Å². The van der Waals surface area contributed by atoms with Gasteiger partial charge in [0.25, 0.3) is 0 Å². The molecule has 0 aliphatic heterocycles. The van der Waals surface area contributed by atoms with Gasteiger partial charge in [-0.25, -0.2) is 9.97 Å². The number of nitrogens with zero attached hydrogens (tertiary/aromatic N) is 4. The zero-order valence-electron chi connectivity index (χ0n) is 16.5. The highest BCUT2D eigenvalue weighted by molar-refractivity contribution is 5.66. The number of benzene rings is 1. The Kier molecular flexibility index (Phi) is 6.01. The largest absolute Gasteiger partial charge is 0.359 e. The third-order valence-electron chi connectivity index (χ3n) is 4.69. The van der Waals surface area contributed by atoms with Crippen LogP contribution in [0.15, 0.2) is 48.8 Å². The molecule has 3 aromatic rings. The molecule has 0 aliphatic carbocycles. The fraction of sp³-hybridized carbons (Fsp3) is 0.318. The van der Waals surface area contributed by atoms with Crippen LogP contribution in [-0.2, 0) is 12.8 Å². The number of hydrogen-bond donors (Lipinski definition) is 1. The highest BCUT2D eigenvalue weighted by atomic mass is 15.2. The van der Waals surface area contributed by atoms with Gasteiger partial charge < -0.3 is 10.2 Å². The molecule has 0 bridgehead atoms. The highest BCUT2D eigenvalue weighted by Crippen LogP contribution is 2.26. The van der Waals surface area contributed by atoms with Crippen molar-refractivity contribution in [2.24, 2.45) is 0 Å². The van der Waals surface area contributed by atoms with Crippen LogP contribution >= 0.6 is 0 Å². The van der Waals surface area contributed by atoms with Gasteiger partial charge in [-0.15, -0.1) is 0 Å². The maximum atomic E-state index is 4.62. The third kappa shape index (κ3) is 4.82. The first-order valence-corrected chi connectivity index (χ1v) is 9.38. The minimum atomic E-state index is 0.761. The molecule has 5 heteroatoms. The number of pyridine rings is 1. The molecular formula is C22H27N5. The minimum absolute atomic E-state index is 0.761. The first kappa shape index (κ1) is 18.8. The molecule has 1 aromatic carbocycles. The molecule has 1 N–H and O–H groups in total. The van der Waals surface area contributed by atoms with Crippen LogP contribution in [0.5, 0.6) is 0 Å². The van der Waals surface area contributed by atoms with Gasteiger partial charge in [0.15, 0.2) is 0 Å². The maximum Gasteiger partial charge on any atom is 0.136 e. The second kappa shape index (κ2) is 8.62. The van der Waals surface area contributed by atoms with Gasteiger partial charge in [-0.3, -0.25) is 4.98 Å². The Morgan fingerprint density at radius 3 is 2.56 bits per heavy atom. The molecule has 0 aliphatic rings. The SMILES string of the molecule is CCc1cccc(C)c1Nc1cc(N(C)CCc2ccncc2)nc(C)n1. The molecule has 2 aromatic heterocycles. The summed E-state index contributed by atoms with van der Waals surface area (Å²) in [5.41, 5.74) is 4.93. The molecule has 0 amide bonds. The summed E-state index contributed by atoms with van der Waals surface area (Å²) in [5, 5.41) is 3.52. The number of likely N-dealkylation sites (N-methyl/N-ethyl adjacent to an activating group) is 1. The summed E-state index contributed by atoms with van der Waals surface area (Å²) in [6.45, 7) is 7.11. The first-order chi connectivity index (χ1) is 13.1. The molecule has 0 atom stereocenters. The Bertz CT molecular complexity index is 892. The molecule has 0 unspecified atom stereocenters. The molecule has 0 fully saturated rings. The molecule has 2 heterocycles. The van der Waals surface area contributed by atoms with E-state index < -0.39 is 0 Å². The van der Waals surface area contributed by atoms with E-state index in [9.17, 15) is 0 Å². The quantitative estimate of drug-likeness (QED) is 0.673. The fourth-order valence-corrected chi connectivity index (χ4v) is 3.10. The second-order valence-electron chi connectivity index (χ2n) is 6.77. The maximum absolute atomic E-state index is 4.62. The molecule has 0 radical (unpaired) electrons. The van der Waals surface area contributed by atoms with Crippen molar-refractivity contribution in [3.8, 4) is 0 Å². The molecule has 5 nitrogen and oxygen atoms in total. The van der Waals surface area contributed by atoms with Gasteiger partial charge in [-0.05, 0) is 55.5 Å². The Balaban J connectivity index is 1.78. The topological polar surface area (TPSA) is 53.9 Å². The zero-order chi connectivity index (χ0) is 19.2. The van der Waals surface area contributed by atoms with Crippen LogP contribution in [0.25, 0.3) is 0 Å². The monoisotopic (exact) mass is 361 g/mol. The fourth-order valence-electron chi connectivity index (χ4n) is 3.10. The van der Waals surface area contributed by atoms with Crippen molar-refractivity contribution in [3.05, 3.63) is 71.3 Å². The van der Waals surface area contributed by atoms with Gasteiger partial charge in [0.1, 0.15) is 17.5 Å². The molecule has 0 saturated heterocycles. The average molecular weight is 361 g/mol. The van der Waals surface area contributed by atoms with E-state index in [1.165, 1.54) is 16.7 Å². The smallest absolute Gasteiger partial charge is 0.136 e. The summed E-state index contributed by atoms with van der Waals surface area (Å²) >= 11 is 0. The van der Waals surface area contributed by atoms with Crippen molar-refractivity contribution in [2.45, 2.75) is 33.6 Å². The lowest BCUT2D eigenvalue weighted by atomic mass is 10.1. The van der Waals surface area contributed by atoms with Crippen LogP contribution < -0.4 is 10.2 Å². The van der Waals surface area contributed by atoms with Crippen LogP contribution in [0.1, 0.15) is 29.4 Å². The zero-order valence-corrected chi connectivity index (χ0v) is 16.5. The number of aromatic nitrogens is 3. The van der Waals surface area contributed by atoms with Gasteiger partial charge >= 0.3 is 0 Å². The van der Waals surface area contributed by atoms with Crippen molar-refractivity contribution >= 4 is 17.3 Å². The second-order valence-corrected chi connectivity index (χ2v) is 6.77. The Morgan fingerprint density at radius 2 is 1.81 bits per heavy atom. The predicted molar refractivity (Wildman–Crippen MR) is 112 cm³/mol. The van der Waals surface area contributed by atoms with Crippen molar-refractivity contribution in [1.82, 2.24) is 15.0 Å². The van der Waals surface area contributed by atoms with Crippen LogP contribution in [-0.4, -0.2) is 28.5 Å². The summed E-state index contributed by atoms with van der Waals surface area (Å²) in [6, 6.07) is 12.5. The van der Waals surface area contributed by atoms with E-state index in [0.717, 1.165) is 42.5 Å². The molecular weight excluding hydrogens is 334 g/mol. The molecule has 3 rings (SSSR count). The Labute approximate surface area is 161 Å². The van der Waals surface area contributed by atoms with Gasteiger partial charge in [-0.2, -0.15) is 0 Å². The van der Waals surface area contributed by atoms with Gasteiger partial charge in [0.2, 0.25) is 0 Å². The number of hydrogen-bond acceptors (Lipinski definition) is 5. The normalized spacial score (nSPS) is 10.7. The van der Waals surface area contributed by atoms with Crippen LogP contribution in [0.4, 0.5) is 17.3 Å². The number of aryl methyl sites for hydroxylation is 3. The van der Waals surface area contributed by atoms with E-state index >= 15 is 0 Å². The molecule has 0 saturated carbocycles. The van der Waals surface area contributed by atoms with Crippen LogP contribution in [0, 0.1) is 13.8 Å². The predicted octanol–water partition coefficient (Wildman–Crippen LogP) is 4.47. The van der Waals surface area contributed by atoms with Crippen molar-refractivity contribution < 1.29 is 0 Å². The van der Waals surface area contributed by atoms with E-state index in [-0.39, 0.29) is 0 Å². The van der Waals surface area contributed by atoms with E-state index in [2.05, 4.69) is 76.4 Å². The summed E-state index contributed by atoms with van der Waals surface area (Å²) in [5.74, 6) is 2.51. The highest BCUT2D eigenvalue weighted by Gasteiger charge is 2.10. The van der Waals surface area contributed by atoms with E-state index in [1.807, 2.05) is 25.4 Å². The lowest BCUT2D eigenvalue weighted by Crippen LogP contribution is -2.22. The Morgan fingerprint density at radius 1 is 1.04 bits per heavy atom. The number of anilines is 3. The molecule has 27 heavy (non-hydrogen) atoms. The number of para-hydroxylation sites is 1. The number of rotatable bonds is 7. The lowest BCUT2D eigenvalue weighted by Gasteiger charge is -2.20. The first-order valence-electron chi connectivity index (χ1n) is 9.38. The van der Waals surface area contributed by atoms with Crippen LogP contribution in [0.2, 0.25) is 0 Å². The van der Waals surface area contributed by atoms with E-state index in [0.29, 0.717) is 0 Å². The van der Waals surface area contributed by atoms with Gasteiger partial charge in [-0.1, -0.05) is 25.1 Å². The molecule has 140 valence electrons. The standard InChI is InChI=1S/C22H27N5/c1-5-19-8-6-7-16(2)22(19)26-20-15-21(25-17(3)24-20)27(4)14-11-18-9-12-23-13-10-18/h6-10,12-13,15H,5,11,14H2,1-4H3,(H,24,25,26). The summed E-state index contributed by atoms with van der Waals surface area (Å²) in [7, 11) is 2.07. The summed E-state index contributed by atoms with van der Waals surface area (Å²) in [6.07, 6.45) is 5.59. The van der Waals surface area contributed by atoms with Crippen molar-refractivity contribution in [3.63, 3.8) is 0 Å². The third-order valence-corrected chi connectivity index (χ3v) is 4.69. The average Bonchev–Trinajstić information content (AvgIpc) is 2.68.